The summed E-state index contributed by atoms with van der Waals surface area (Å²) in [7, 11) is 1.73. The molecule has 2 fully saturated rings. The van der Waals surface area contributed by atoms with Crippen LogP contribution in [-0.4, -0.2) is 21.6 Å². The van der Waals surface area contributed by atoms with Gasteiger partial charge in [0.15, 0.2) is 0 Å². The summed E-state index contributed by atoms with van der Waals surface area (Å²) in [5.74, 6) is 2.47. The van der Waals surface area contributed by atoms with Crippen LogP contribution >= 0.6 is 0 Å². The van der Waals surface area contributed by atoms with Gasteiger partial charge in [0, 0.05) is 0 Å². The first-order valence-corrected chi connectivity index (χ1v) is 10.9. The number of imidazole rings is 1. The lowest BCUT2D eigenvalue weighted by Gasteiger charge is -2.33. The Balaban J connectivity index is 1.35. The van der Waals surface area contributed by atoms with E-state index in [0.29, 0.717) is 17.8 Å². The highest BCUT2D eigenvalue weighted by molar-refractivity contribution is 5.50. The molecule has 0 spiro atoms. The first-order valence-electron chi connectivity index (χ1n) is 10.9. The monoisotopic (exact) mass is 390 g/mol. The highest BCUT2D eigenvalue weighted by Gasteiger charge is 2.34. The number of aryl methyl sites for hydroxylation is 1. The third-order valence-electron chi connectivity index (χ3n) is 7.06. The molecule has 4 nitrogen and oxygen atoms in total. The zero-order chi connectivity index (χ0) is 20.0. The maximum absolute atomic E-state index is 11.4. The molecule has 5 rings (SSSR count). The summed E-state index contributed by atoms with van der Waals surface area (Å²) < 4.78 is 7.53. The third kappa shape index (κ3) is 3.44. The SMILES string of the molecule is COc1ccc(C2CCC([C@H](O)c3c(C4CC4)ccc4cncn34)CC2)cc1C. The minimum Gasteiger partial charge on any atom is -0.496 e. The second-order valence-electron chi connectivity index (χ2n) is 8.92. The Kier molecular flexibility index (Phi) is 4.83. The van der Waals surface area contributed by atoms with Crippen molar-refractivity contribution in [3.05, 3.63) is 65.2 Å². The largest absolute Gasteiger partial charge is 0.496 e. The van der Waals surface area contributed by atoms with Crippen LogP contribution in [0.1, 0.15) is 78.8 Å². The van der Waals surface area contributed by atoms with Gasteiger partial charge in [-0.1, -0.05) is 18.2 Å². The summed E-state index contributed by atoms with van der Waals surface area (Å²) in [6.45, 7) is 2.11. The Labute approximate surface area is 172 Å². The van der Waals surface area contributed by atoms with Gasteiger partial charge in [0.05, 0.1) is 36.9 Å². The molecule has 0 unspecified atom stereocenters. The van der Waals surface area contributed by atoms with E-state index in [2.05, 4.69) is 46.6 Å². The van der Waals surface area contributed by atoms with Gasteiger partial charge in [-0.2, -0.15) is 0 Å². The molecule has 0 saturated heterocycles. The summed E-state index contributed by atoms with van der Waals surface area (Å²) in [6.07, 6.45) is 10.2. The number of ether oxygens (including phenoxy) is 1. The van der Waals surface area contributed by atoms with Crippen molar-refractivity contribution in [3.8, 4) is 5.75 Å². The number of aliphatic hydroxyl groups excluding tert-OH is 1. The Morgan fingerprint density at radius 3 is 2.48 bits per heavy atom. The number of aromatic nitrogens is 2. The highest BCUT2D eigenvalue weighted by atomic mass is 16.5. The normalized spacial score (nSPS) is 23.3. The molecule has 152 valence electrons. The van der Waals surface area contributed by atoms with Gasteiger partial charge in [0.25, 0.3) is 0 Å². The Bertz CT molecular complexity index is 1010. The van der Waals surface area contributed by atoms with Gasteiger partial charge in [-0.05, 0) is 92.0 Å². The predicted molar refractivity (Wildman–Crippen MR) is 115 cm³/mol. The van der Waals surface area contributed by atoms with Crippen LogP contribution in [0.5, 0.6) is 5.75 Å². The van der Waals surface area contributed by atoms with Gasteiger partial charge in [-0.3, -0.25) is 0 Å². The van der Waals surface area contributed by atoms with Crippen LogP contribution in [0.4, 0.5) is 0 Å². The Morgan fingerprint density at radius 2 is 1.79 bits per heavy atom. The zero-order valence-corrected chi connectivity index (χ0v) is 17.3. The van der Waals surface area contributed by atoms with Crippen LogP contribution in [0.2, 0.25) is 0 Å². The van der Waals surface area contributed by atoms with E-state index in [1.807, 2.05) is 12.5 Å². The van der Waals surface area contributed by atoms with Crippen molar-refractivity contribution in [2.75, 3.05) is 7.11 Å². The van der Waals surface area contributed by atoms with Gasteiger partial charge in [0.2, 0.25) is 0 Å². The molecule has 2 aliphatic carbocycles. The molecule has 0 radical (unpaired) electrons. The Hall–Kier alpha value is -2.33. The van der Waals surface area contributed by atoms with E-state index in [1.165, 1.54) is 29.5 Å². The molecule has 0 amide bonds. The summed E-state index contributed by atoms with van der Waals surface area (Å²) >= 11 is 0. The van der Waals surface area contributed by atoms with Gasteiger partial charge in [-0.15, -0.1) is 0 Å². The van der Waals surface area contributed by atoms with Crippen molar-refractivity contribution in [2.45, 2.75) is 63.4 Å². The van der Waals surface area contributed by atoms with Crippen molar-refractivity contribution in [1.82, 2.24) is 9.38 Å². The molecule has 0 aliphatic heterocycles. The molecule has 4 heteroatoms. The number of methoxy groups -OCH3 is 1. The molecule has 1 N–H and O–H groups in total. The lowest BCUT2D eigenvalue weighted by molar-refractivity contribution is 0.0754. The van der Waals surface area contributed by atoms with Crippen molar-refractivity contribution in [1.29, 1.82) is 0 Å². The third-order valence-corrected chi connectivity index (χ3v) is 7.06. The fourth-order valence-corrected chi connectivity index (χ4v) is 5.23. The maximum atomic E-state index is 11.4. The van der Waals surface area contributed by atoms with E-state index in [-0.39, 0.29) is 0 Å². The zero-order valence-electron chi connectivity index (χ0n) is 17.3. The van der Waals surface area contributed by atoms with E-state index in [9.17, 15) is 5.11 Å². The molecule has 1 aromatic carbocycles. The van der Waals surface area contributed by atoms with Crippen LogP contribution < -0.4 is 4.74 Å². The lowest BCUT2D eigenvalue weighted by Crippen LogP contribution is -2.22. The molecular formula is C25H30N2O2. The molecule has 0 bridgehead atoms. The first kappa shape index (κ1) is 18.7. The average Bonchev–Trinajstić information content (AvgIpc) is 3.49. The fraction of sp³-hybridized carbons (Fsp3) is 0.480. The van der Waals surface area contributed by atoms with Crippen LogP contribution in [-0.2, 0) is 0 Å². The number of benzene rings is 1. The van der Waals surface area contributed by atoms with Gasteiger partial charge in [-0.25, -0.2) is 4.98 Å². The summed E-state index contributed by atoms with van der Waals surface area (Å²) in [4.78, 5) is 4.33. The molecule has 1 atom stereocenters. The molecule has 29 heavy (non-hydrogen) atoms. The van der Waals surface area contributed by atoms with E-state index in [4.69, 9.17) is 4.74 Å². The van der Waals surface area contributed by atoms with Crippen molar-refractivity contribution in [2.24, 2.45) is 5.92 Å². The predicted octanol–water partition coefficient (Wildman–Crippen LogP) is 5.54. The molecule has 2 aliphatic rings. The van der Waals surface area contributed by atoms with Gasteiger partial charge >= 0.3 is 0 Å². The van der Waals surface area contributed by atoms with E-state index in [1.54, 1.807) is 7.11 Å². The van der Waals surface area contributed by atoms with Crippen LogP contribution in [0, 0.1) is 12.8 Å². The minimum absolute atomic E-state index is 0.316. The van der Waals surface area contributed by atoms with Crippen LogP contribution in [0.15, 0.2) is 42.9 Å². The van der Waals surface area contributed by atoms with Crippen LogP contribution in [0.25, 0.3) is 5.52 Å². The summed E-state index contributed by atoms with van der Waals surface area (Å²) in [6, 6.07) is 10.9. The van der Waals surface area contributed by atoms with E-state index in [0.717, 1.165) is 42.6 Å². The van der Waals surface area contributed by atoms with Crippen molar-refractivity contribution >= 4 is 5.52 Å². The van der Waals surface area contributed by atoms with Gasteiger partial charge in [0.1, 0.15) is 5.75 Å². The standard InChI is InChI=1S/C25H30N2O2/c1-16-13-20(9-12-23(16)29-2)17-3-7-19(8-4-17)25(28)24-22(18-5-6-18)11-10-21-14-26-15-27(21)24/h9-15,17-19,25,28H,3-8H2,1-2H3/t17?,19?,25-/m0/s1. The smallest absolute Gasteiger partial charge is 0.121 e. The second-order valence-corrected chi connectivity index (χ2v) is 8.92. The molecule has 2 aromatic heterocycles. The van der Waals surface area contributed by atoms with E-state index >= 15 is 0 Å². The number of hydrogen-bond donors (Lipinski definition) is 1. The summed E-state index contributed by atoms with van der Waals surface area (Å²) in [5, 5.41) is 11.4. The number of fused-ring (bicyclic) bond motifs is 1. The number of rotatable bonds is 5. The first-order chi connectivity index (χ1) is 14.2. The van der Waals surface area contributed by atoms with Crippen molar-refractivity contribution < 1.29 is 9.84 Å². The number of pyridine rings is 1. The molecular weight excluding hydrogens is 360 g/mol. The van der Waals surface area contributed by atoms with Crippen molar-refractivity contribution in [3.63, 3.8) is 0 Å². The average molecular weight is 391 g/mol. The fourth-order valence-electron chi connectivity index (χ4n) is 5.23. The number of nitrogens with zero attached hydrogens (tertiary/aromatic N) is 2. The molecule has 3 aromatic rings. The second kappa shape index (κ2) is 7.49. The van der Waals surface area contributed by atoms with E-state index < -0.39 is 6.10 Å². The topological polar surface area (TPSA) is 46.8 Å². The van der Waals surface area contributed by atoms with Gasteiger partial charge < -0.3 is 14.2 Å². The lowest BCUT2D eigenvalue weighted by atomic mass is 9.75. The number of aliphatic hydroxyl groups is 1. The van der Waals surface area contributed by atoms with Crippen LogP contribution in [0.3, 0.4) is 0 Å². The minimum atomic E-state index is -0.415. The highest BCUT2D eigenvalue weighted by Crippen LogP contribution is 2.47. The quantitative estimate of drug-likeness (QED) is 0.622. The molecule has 2 heterocycles. The Morgan fingerprint density at radius 1 is 1.03 bits per heavy atom. The maximum Gasteiger partial charge on any atom is 0.121 e. The summed E-state index contributed by atoms with van der Waals surface area (Å²) in [5.41, 5.74) is 6.10. The molecule has 2 saturated carbocycles. The number of hydrogen-bond acceptors (Lipinski definition) is 3.